The molecule has 6 heteroatoms. The van der Waals surface area contributed by atoms with Crippen LogP contribution in [0.25, 0.3) is 0 Å². The molecule has 1 spiro atoms. The van der Waals surface area contributed by atoms with Crippen LogP contribution in [0.1, 0.15) is 24.0 Å². The molecule has 5 rings (SSSR count). The van der Waals surface area contributed by atoms with E-state index in [0.717, 1.165) is 36.6 Å². The van der Waals surface area contributed by atoms with Gasteiger partial charge in [0, 0.05) is 51.6 Å². The van der Waals surface area contributed by atoms with Crippen LogP contribution in [0.5, 0.6) is 0 Å². The van der Waals surface area contributed by atoms with Crippen LogP contribution in [0.4, 0.5) is 16.2 Å². The lowest BCUT2D eigenvalue weighted by Crippen LogP contribution is -2.56. The zero-order chi connectivity index (χ0) is 24.4. The molecule has 0 unspecified atom stereocenters. The van der Waals surface area contributed by atoms with Crippen LogP contribution in [0.3, 0.4) is 0 Å². The second-order valence-electron chi connectivity index (χ2n) is 9.59. The maximum atomic E-state index is 13.2. The summed E-state index contributed by atoms with van der Waals surface area (Å²) in [5.41, 5.74) is 3.86. The summed E-state index contributed by atoms with van der Waals surface area (Å²) in [5.74, 6) is -0.0635. The molecular formula is C29H32N4O2. The van der Waals surface area contributed by atoms with Gasteiger partial charge in [0.05, 0.1) is 0 Å². The number of amides is 3. The van der Waals surface area contributed by atoms with E-state index in [9.17, 15) is 9.59 Å². The summed E-state index contributed by atoms with van der Waals surface area (Å²) in [6.07, 6.45) is 1.31. The molecule has 2 saturated heterocycles. The number of hydrogen-bond donors (Lipinski definition) is 0. The van der Waals surface area contributed by atoms with Gasteiger partial charge in [0.25, 0.3) is 5.91 Å². The van der Waals surface area contributed by atoms with Crippen LogP contribution < -0.4 is 4.90 Å². The number of likely N-dealkylation sites (tertiary alicyclic amines) is 1. The summed E-state index contributed by atoms with van der Waals surface area (Å²) >= 11 is 0. The van der Waals surface area contributed by atoms with Crippen molar-refractivity contribution in [3.05, 3.63) is 96.1 Å². The van der Waals surface area contributed by atoms with Crippen LogP contribution in [0.2, 0.25) is 0 Å². The maximum Gasteiger partial charge on any atom is 0.327 e. The Morgan fingerprint density at radius 1 is 0.743 bits per heavy atom. The average Bonchev–Trinajstić information content (AvgIpc) is 3.07. The van der Waals surface area contributed by atoms with E-state index in [0.29, 0.717) is 19.4 Å². The minimum Gasteiger partial charge on any atom is -0.345 e. The van der Waals surface area contributed by atoms with E-state index in [1.54, 1.807) is 11.9 Å². The van der Waals surface area contributed by atoms with Gasteiger partial charge in [-0.2, -0.15) is 0 Å². The van der Waals surface area contributed by atoms with E-state index < -0.39 is 5.54 Å². The number of carbonyl (C=O) groups excluding carboxylic acids is 2. The molecule has 0 saturated carbocycles. The molecule has 3 amide bonds. The zero-order valence-electron chi connectivity index (χ0n) is 20.4. The number of benzene rings is 3. The fraction of sp³-hybridized carbons (Fsp3) is 0.310. The highest BCUT2D eigenvalue weighted by atomic mass is 16.2. The van der Waals surface area contributed by atoms with Crippen LogP contribution in [0.15, 0.2) is 84.9 Å². The Labute approximate surface area is 207 Å². The topological polar surface area (TPSA) is 47.1 Å². The lowest BCUT2D eigenvalue weighted by atomic mass is 9.85. The Balaban J connectivity index is 1.24. The first-order chi connectivity index (χ1) is 17.0. The molecule has 0 aromatic heterocycles. The number of urea groups is 1. The molecule has 35 heavy (non-hydrogen) atoms. The van der Waals surface area contributed by atoms with E-state index in [-0.39, 0.29) is 11.9 Å². The molecule has 2 aliphatic rings. The number of likely N-dealkylation sites (N-methyl/N-ethyl adjacent to an activating group) is 1. The van der Waals surface area contributed by atoms with E-state index in [1.807, 2.05) is 48.5 Å². The van der Waals surface area contributed by atoms with Gasteiger partial charge in [-0.15, -0.1) is 0 Å². The van der Waals surface area contributed by atoms with E-state index in [2.05, 4.69) is 53.2 Å². The molecule has 2 heterocycles. The van der Waals surface area contributed by atoms with Crippen LogP contribution in [-0.4, -0.2) is 59.4 Å². The van der Waals surface area contributed by atoms with Gasteiger partial charge in [0.2, 0.25) is 0 Å². The van der Waals surface area contributed by atoms with Crippen LogP contribution in [0, 0.1) is 0 Å². The van der Waals surface area contributed by atoms with E-state index >= 15 is 0 Å². The molecule has 0 radical (unpaired) electrons. The predicted octanol–water partition coefficient (Wildman–Crippen LogP) is 4.88. The number of carbonyl (C=O) groups is 2. The largest absolute Gasteiger partial charge is 0.345 e. The van der Waals surface area contributed by atoms with Crippen molar-refractivity contribution in [3.8, 4) is 0 Å². The van der Waals surface area contributed by atoms with Gasteiger partial charge >= 0.3 is 6.03 Å². The van der Waals surface area contributed by atoms with Gasteiger partial charge in [0.1, 0.15) is 5.54 Å². The Kier molecular flexibility index (Phi) is 6.31. The normalized spacial score (nSPS) is 17.9. The highest BCUT2D eigenvalue weighted by Gasteiger charge is 2.56. The fourth-order valence-corrected chi connectivity index (χ4v) is 5.31. The third-order valence-corrected chi connectivity index (χ3v) is 7.48. The van der Waals surface area contributed by atoms with E-state index in [1.165, 1.54) is 10.5 Å². The molecule has 0 aliphatic carbocycles. The molecule has 0 bridgehead atoms. The zero-order valence-corrected chi connectivity index (χ0v) is 20.4. The summed E-state index contributed by atoms with van der Waals surface area (Å²) in [7, 11) is 3.68. The van der Waals surface area contributed by atoms with Gasteiger partial charge in [0.15, 0.2) is 0 Å². The monoisotopic (exact) mass is 468 g/mol. The molecule has 0 atom stereocenters. The third kappa shape index (κ3) is 4.42. The number of piperidine rings is 1. The molecule has 2 aliphatic heterocycles. The highest BCUT2D eigenvalue weighted by molar-refractivity contribution is 6.06. The minimum atomic E-state index is -0.736. The lowest BCUT2D eigenvalue weighted by Gasteiger charge is -2.42. The molecule has 3 aromatic carbocycles. The van der Waals surface area contributed by atoms with Gasteiger partial charge in [-0.05, 0) is 48.2 Å². The summed E-state index contributed by atoms with van der Waals surface area (Å²) in [6, 6.07) is 28.7. The van der Waals surface area contributed by atoms with Crippen molar-refractivity contribution in [2.24, 2.45) is 0 Å². The molecular weight excluding hydrogens is 436 g/mol. The first kappa shape index (κ1) is 23.1. The van der Waals surface area contributed by atoms with Gasteiger partial charge < -0.3 is 9.80 Å². The average molecular weight is 469 g/mol. The first-order valence-corrected chi connectivity index (χ1v) is 12.2. The van der Waals surface area contributed by atoms with Crippen molar-refractivity contribution < 1.29 is 9.59 Å². The first-order valence-electron chi connectivity index (χ1n) is 12.2. The van der Waals surface area contributed by atoms with Gasteiger partial charge in [-0.1, -0.05) is 60.7 Å². The lowest BCUT2D eigenvalue weighted by molar-refractivity contribution is -0.135. The van der Waals surface area contributed by atoms with Crippen molar-refractivity contribution in [3.63, 3.8) is 0 Å². The molecule has 3 aromatic rings. The standard InChI is InChI=1S/C29H32N4O2/c1-30(25-11-7-4-8-12-25)26-15-13-24(14-16-26)21-32-19-17-29(18-20-32)27(34)31(2)28(35)33(29)22-23-9-5-3-6-10-23/h3-16H,17-22H2,1-2H3. The summed E-state index contributed by atoms with van der Waals surface area (Å²) in [5, 5.41) is 0. The summed E-state index contributed by atoms with van der Waals surface area (Å²) in [6.45, 7) is 2.86. The summed E-state index contributed by atoms with van der Waals surface area (Å²) < 4.78 is 0. The van der Waals surface area contributed by atoms with Crippen molar-refractivity contribution in [1.29, 1.82) is 0 Å². The number of imide groups is 1. The SMILES string of the molecule is CN1C(=O)N(Cc2ccccc2)C2(CCN(Cc3ccc(N(C)c4ccccc4)cc3)CC2)C1=O. The Morgan fingerprint density at radius 3 is 1.91 bits per heavy atom. The quantitative estimate of drug-likeness (QED) is 0.484. The Morgan fingerprint density at radius 2 is 1.29 bits per heavy atom. The molecule has 180 valence electrons. The van der Waals surface area contributed by atoms with Crippen molar-refractivity contribution >= 4 is 23.3 Å². The Hall–Kier alpha value is -3.64. The molecule has 2 fully saturated rings. The predicted molar refractivity (Wildman–Crippen MR) is 138 cm³/mol. The third-order valence-electron chi connectivity index (χ3n) is 7.48. The number of nitrogens with zero attached hydrogens (tertiary/aromatic N) is 4. The van der Waals surface area contributed by atoms with Crippen LogP contribution in [-0.2, 0) is 17.9 Å². The van der Waals surface area contributed by atoms with Crippen molar-refractivity contribution in [2.75, 3.05) is 32.1 Å². The van der Waals surface area contributed by atoms with Crippen LogP contribution >= 0.6 is 0 Å². The smallest absolute Gasteiger partial charge is 0.327 e. The number of anilines is 2. The van der Waals surface area contributed by atoms with E-state index in [4.69, 9.17) is 0 Å². The number of rotatable bonds is 6. The van der Waals surface area contributed by atoms with Crippen molar-refractivity contribution in [1.82, 2.24) is 14.7 Å². The highest BCUT2D eigenvalue weighted by Crippen LogP contribution is 2.38. The van der Waals surface area contributed by atoms with Gasteiger partial charge in [-0.25, -0.2) is 4.79 Å². The number of hydrogen-bond acceptors (Lipinski definition) is 4. The minimum absolute atomic E-state index is 0.0635. The second-order valence-corrected chi connectivity index (χ2v) is 9.59. The summed E-state index contributed by atoms with van der Waals surface area (Å²) in [4.78, 5) is 33.9. The van der Waals surface area contributed by atoms with Crippen molar-refractivity contribution in [2.45, 2.75) is 31.5 Å². The Bertz CT molecular complexity index is 1170. The maximum absolute atomic E-state index is 13.2. The fourth-order valence-electron chi connectivity index (χ4n) is 5.31. The molecule has 0 N–H and O–H groups in total. The van der Waals surface area contributed by atoms with Gasteiger partial charge in [-0.3, -0.25) is 14.6 Å². The molecule has 6 nitrogen and oxygen atoms in total. The second kappa shape index (κ2) is 9.55. The number of para-hydroxylation sites is 1.